The number of hydrogen-bond donors (Lipinski definition) is 2. The summed E-state index contributed by atoms with van der Waals surface area (Å²) in [5, 5.41) is 2.75. The van der Waals surface area contributed by atoms with Gasteiger partial charge < -0.3 is 10.3 Å². The lowest BCUT2D eigenvalue weighted by Gasteiger charge is -2.03. The summed E-state index contributed by atoms with van der Waals surface area (Å²) in [6.07, 6.45) is 1.65. The first kappa shape index (κ1) is 13.1. The molecule has 0 saturated carbocycles. The minimum Gasteiger partial charge on any atom is -0.349 e. The molecule has 4 heteroatoms. The number of aromatic nitrogens is 2. The van der Waals surface area contributed by atoms with Gasteiger partial charge in [0.15, 0.2) is 0 Å². The van der Waals surface area contributed by atoms with Crippen LogP contribution in [0.2, 0.25) is 0 Å². The molecule has 0 saturated heterocycles. The van der Waals surface area contributed by atoms with Crippen LogP contribution in [0.3, 0.4) is 0 Å². The highest BCUT2D eigenvalue weighted by atomic mass is 16.1. The number of imidazole rings is 1. The third-order valence-electron chi connectivity index (χ3n) is 3.22. The Kier molecular flexibility index (Phi) is 3.51. The zero-order valence-electron chi connectivity index (χ0n) is 11.5. The van der Waals surface area contributed by atoms with Crippen molar-refractivity contribution in [3.05, 3.63) is 66.7 Å². The maximum atomic E-state index is 11.8. The van der Waals surface area contributed by atoms with Crippen molar-refractivity contribution in [2.45, 2.75) is 0 Å². The average Bonchev–Trinajstić information content (AvgIpc) is 2.96. The standard InChI is InChI=1S/C17H15N3O/c1-2-11-18-17(21)13-9-7-12(8-10-13)16-19-14-5-3-4-6-15(14)20-16/h2-10H,1,11H2,(H,18,21)(H,19,20). The molecule has 0 aliphatic heterocycles. The number of carbonyl (C=O) groups is 1. The quantitative estimate of drug-likeness (QED) is 0.720. The summed E-state index contributed by atoms with van der Waals surface area (Å²) in [6.45, 7) is 4.04. The zero-order chi connectivity index (χ0) is 14.7. The van der Waals surface area contributed by atoms with Crippen molar-refractivity contribution in [3.8, 4) is 11.4 Å². The van der Waals surface area contributed by atoms with Gasteiger partial charge in [0.1, 0.15) is 5.82 Å². The number of H-pyrrole nitrogens is 1. The Morgan fingerprint density at radius 1 is 1.19 bits per heavy atom. The molecule has 0 aliphatic rings. The van der Waals surface area contributed by atoms with Gasteiger partial charge in [-0.1, -0.05) is 30.3 Å². The van der Waals surface area contributed by atoms with Crippen molar-refractivity contribution in [1.82, 2.24) is 15.3 Å². The van der Waals surface area contributed by atoms with Crippen LogP contribution >= 0.6 is 0 Å². The summed E-state index contributed by atoms with van der Waals surface area (Å²) in [6, 6.07) is 15.2. The summed E-state index contributed by atoms with van der Waals surface area (Å²) < 4.78 is 0. The number of amides is 1. The van der Waals surface area contributed by atoms with Gasteiger partial charge in [0, 0.05) is 17.7 Å². The number of aromatic amines is 1. The van der Waals surface area contributed by atoms with Crippen molar-refractivity contribution >= 4 is 16.9 Å². The van der Waals surface area contributed by atoms with Gasteiger partial charge in [0.2, 0.25) is 0 Å². The number of nitrogens with one attached hydrogen (secondary N) is 2. The highest BCUT2D eigenvalue weighted by molar-refractivity contribution is 5.94. The fourth-order valence-electron chi connectivity index (χ4n) is 2.14. The van der Waals surface area contributed by atoms with E-state index in [1.165, 1.54) is 0 Å². The molecule has 0 radical (unpaired) electrons. The smallest absolute Gasteiger partial charge is 0.251 e. The normalized spacial score (nSPS) is 10.5. The van der Waals surface area contributed by atoms with Crippen molar-refractivity contribution in [2.75, 3.05) is 6.54 Å². The molecule has 0 bridgehead atoms. The second-order valence-electron chi connectivity index (χ2n) is 4.68. The van der Waals surface area contributed by atoms with E-state index in [-0.39, 0.29) is 5.91 Å². The Labute approximate surface area is 122 Å². The first-order valence-electron chi connectivity index (χ1n) is 6.72. The maximum Gasteiger partial charge on any atom is 0.251 e. The monoisotopic (exact) mass is 277 g/mol. The summed E-state index contributed by atoms with van der Waals surface area (Å²) >= 11 is 0. The van der Waals surface area contributed by atoms with Crippen molar-refractivity contribution in [3.63, 3.8) is 0 Å². The Hall–Kier alpha value is -2.88. The maximum absolute atomic E-state index is 11.8. The van der Waals surface area contributed by atoms with Crippen molar-refractivity contribution in [1.29, 1.82) is 0 Å². The first-order chi connectivity index (χ1) is 10.3. The highest BCUT2D eigenvalue weighted by Crippen LogP contribution is 2.20. The molecule has 1 aromatic heterocycles. The van der Waals surface area contributed by atoms with E-state index in [2.05, 4.69) is 21.9 Å². The Morgan fingerprint density at radius 2 is 1.95 bits per heavy atom. The number of hydrogen-bond acceptors (Lipinski definition) is 2. The van der Waals surface area contributed by atoms with Crippen LogP contribution in [0.1, 0.15) is 10.4 Å². The molecule has 0 fully saturated rings. The van der Waals surface area contributed by atoms with Crippen LogP contribution in [-0.4, -0.2) is 22.4 Å². The molecule has 104 valence electrons. The lowest BCUT2D eigenvalue weighted by Crippen LogP contribution is -2.22. The Morgan fingerprint density at radius 3 is 2.67 bits per heavy atom. The topological polar surface area (TPSA) is 57.8 Å². The molecule has 0 unspecified atom stereocenters. The van der Waals surface area contributed by atoms with Crippen LogP contribution < -0.4 is 5.32 Å². The molecule has 0 aliphatic carbocycles. The van der Waals surface area contributed by atoms with E-state index in [1.807, 2.05) is 36.4 Å². The molecular formula is C17H15N3O. The molecule has 2 aromatic carbocycles. The molecule has 1 heterocycles. The minimum atomic E-state index is -0.106. The molecule has 1 amide bonds. The lowest BCUT2D eigenvalue weighted by atomic mass is 10.1. The highest BCUT2D eigenvalue weighted by Gasteiger charge is 2.07. The largest absolute Gasteiger partial charge is 0.349 e. The molecule has 0 atom stereocenters. The third kappa shape index (κ3) is 2.69. The minimum absolute atomic E-state index is 0.106. The number of rotatable bonds is 4. The van der Waals surface area contributed by atoms with Crippen LogP contribution in [-0.2, 0) is 0 Å². The average molecular weight is 277 g/mol. The van der Waals surface area contributed by atoms with Crippen LogP contribution in [0, 0.1) is 0 Å². The van der Waals surface area contributed by atoms with E-state index in [4.69, 9.17) is 0 Å². The van der Waals surface area contributed by atoms with E-state index in [0.29, 0.717) is 12.1 Å². The Balaban J connectivity index is 1.86. The number of carbonyl (C=O) groups excluding carboxylic acids is 1. The predicted octanol–water partition coefficient (Wildman–Crippen LogP) is 3.15. The van der Waals surface area contributed by atoms with Crippen molar-refractivity contribution in [2.24, 2.45) is 0 Å². The fraction of sp³-hybridized carbons (Fsp3) is 0.0588. The second-order valence-corrected chi connectivity index (χ2v) is 4.68. The van der Waals surface area contributed by atoms with E-state index in [9.17, 15) is 4.79 Å². The van der Waals surface area contributed by atoms with Crippen LogP contribution in [0.15, 0.2) is 61.2 Å². The zero-order valence-corrected chi connectivity index (χ0v) is 11.5. The predicted molar refractivity (Wildman–Crippen MR) is 84.1 cm³/mol. The van der Waals surface area contributed by atoms with Gasteiger partial charge in [-0.3, -0.25) is 4.79 Å². The van der Waals surface area contributed by atoms with Gasteiger partial charge >= 0.3 is 0 Å². The summed E-state index contributed by atoms with van der Waals surface area (Å²) in [5.74, 6) is 0.695. The van der Waals surface area contributed by atoms with E-state index in [1.54, 1.807) is 18.2 Å². The van der Waals surface area contributed by atoms with Gasteiger partial charge in [0.25, 0.3) is 5.91 Å². The van der Waals surface area contributed by atoms with E-state index in [0.717, 1.165) is 22.4 Å². The van der Waals surface area contributed by atoms with Gasteiger partial charge in [0.05, 0.1) is 11.0 Å². The number of nitrogens with zero attached hydrogens (tertiary/aromatic N) is 1. The van der Waals surface area contributed by atoms with Crippen LogP contribution in [0.5, 0.6) is 0 Å². The fourth-order valence-corrected chi connectivity index (χ4v) is 2.14. The van der Waals surface area contributed by atoms with E-state index < -0.39 is 0 Å². The SMILES string of the molecule is C=CCNC(=O)c1ccc(-c2nc3ccccc3[nH]2)cc1. The second kappa shape index (κ2) is 5.63. The van der Waals surface area contributed by atoms with Gasteiger partial charge in [-0.25, -0.2) is 4.98 Å². The summed E-state index contributed by atoms with van der Waals surface area (Å²) in [4.78, 5) is 19.6. The number of para-hydroxylation sites is 2. The summed E-state index contributed by atoms with van der Waals surface area (Å²) in [7, 11) is 0. The molecule has 0 spiro atoms. The molecule has 3 aromatic rings. The molecule has 2 N–H and O–H groups in total. The third-order valence-corrected chi connectivity index (χ3v) is 3.22. The van der Waals surface area contributed by atoms with Gasteiger partial charge in [-0.15, -0.1) is 6.58 Å². The summed E-state index contributed by atoms with van der Waals surface area (Å²) in [5.41, 5.74) is 3.50. The van der Waals surface area contributed by atoms with Crippen LogP contribution in [0.4, 0.5) is 0 Å². The van der Waals surface area contributed by atoms with Crippen molar-refractivity contribution < 1.29 is 4.79 Å². The van der Waals surface area contributed by atoms with Gasteiger partial charge in [-0.2, -0.15) is 0 Å². The van der Waals surface area contributed by atoms with E-state index >= 15 is 0 Å². The van der Waals surface area contributed by atoms with Gasteiger partial charge in [-0.05, 0) is 24.3 Å². The number of fused-ring (bicyclic) bond motifs is 1. The Bertz CT molecular complexity index is 754. The first-order valence-corrected chi connectivity index (χ1v) is 6.72. The van der Waals surface area contributed by atoms with Crippen LogP contribution in [0.25, 0.3) is 22.4 Å². The molecule has 4 nitrogen and oxygen atoms in total. The number of benzene rings is 2. The lowest BCUT2D eigenvalue weighted by molar-refractivity contribution is 0.0958. The molecular weight excluding hydrogens is 262 g/mol. The molecule has 21 heavy (non-hydrogen) atoms. The molecule has 3 rings (SSSR count).